The van der Waals surface area contributed by atoms with Crippen molar-refractivity contribution in [3.05, 3.63) is 58.6 Å². The van der Waals surface area contributed by atoms with Crippen LogP contribution in [0.2, 0.25) is 5.02 Å². The maximum absolute atomic E-state index is 11.9. The summed E-state index contributed by atoms with van der Waals surface area (Å²) < 4.78 is 0. The van der Waals surface area contributed by atoms with Gasteiger partial charge in [0.2, 0.25) is 5.91 Å². The number of aromatic carboxylic acids is 1. The average Bonchev–Trinajstić information content (AvgIpc) is 2.40. The number of hydrogen-bond acceptors (Lipinski definition) is 3. The molecule has 0 aromatic heterocycles. The van der Waals surface area contributed by atoms with E-state index in [2.05, 4.69) is 5.32 Å². The Kier molecular flexibility index (Phi) is 4.45. The molecule has 0 aliphatic carbocycles. The van der Waals surface area contributed by atoms with Gasteiger partial charge in [-0.1, -0.05) is 23.7 Å². The Bertz CT molecular complexity index is 700. The van der Waals surface area contributed by atoms with Gasteiger partial charge in [0.1, 0.15) is 11.3 Å². The number of hydrogen-bond donors (Lipinski definition) is 3. The number of nitrogens with one attached hydrogen (secondary N) is 1. The van der Waals surface area contributed by atoms with Gasteiger partial charge in [0.05, 0.1) is 6.42 Å². The summed E-state index contributed by atoms with van der Waals surface area (Å²) in [6.45, 7) is 0. The van der Waals surface area contributed by atoms with E-state index >= 15 is 0 Å². The van der Waals surface area contributed by atoms with E-state index in [0.717, 1.165) is 5.56 Å². The summed E-state index contributed by atoms with van der Waals surface area (Å²) in [4.78, 5) is 22.8. The van der Waals surface area contributed by atoms with Crippen LogP contribution in [-0.4, -0.2) is 22.1 Å². The first-order valence-corrected chi connectivity index (χ1v) is 6.44. The van der Waals surface area contributed by atoms with E-state index in [1.807, 2.05) is 0 Å². The number of phenols is 1. The van der Waals surface area contributed by atoms with Gasteiger partial charge < -0.3 is 15.5 Å². The number of carbonyl (C=O) groups is 2. The summed E-state index contributed by atoms with van der Waals surface area (Å²) in [5.74, 6) is -1.92. The Hall–Kier alpha value is -2.53. The van der Waals surface area contributed by atoms with Crippen molar-refractivity contribution in [1.29, 1.82) is 0 Å². The third kappa shape index (κ3) is 3.97. The standard InChI is InChI=1S/C15H12ClNO4/c16-10-3-1-2-9(6-10)7-14(19)17-11-4-5-13(18)12(8-11)15(20)21/h1-6,8,18H,7H2,(H,17,19)(H,20,21). The molecule has 0 fully saturated rings. The molecule has 5 nitrogen and oxygen atoms in total. The predicted molar refractivity (Wildman–Crippen MR) is 78.9 cm³/mol. The van der Waals surface area contributed by atoms with Gasteiger partial charge in [-0.05, 0) is 35.9 Å². The minimum atomic E-state index is -1.27. The fraction of sp³-hybridized carbons (Fsp3) is 0.0667. The molecule has 0 unspecified atom stereocenters. The zero-order valence-corrected chi connectivity index (χ0v) is 11.6. The summed E-state index contributed by atoms with van der Waals surface area (Å²) in [5.41, 5.74) is 0.782. The SMILES string of the molecule is O=C(Cc1cccc(Cl)c1)Nc1ccc(O)c(C(=O)O)c1. The van der Waals surface area contributed by atoms with Gasteiger partial charge in [-0.15, -0.1) is 0 Å². The van der Waals surface area contributed by atoms with Crippen molar-refractivity contribution < 1.29 is 19.8 Å². The Labute approximate surface area is 125 Å². The first kappa shape index (κ1) is 14.9. The first-order valence-electron chi connectivity index (χ1n) is 6.06. The lowest BCUT2D eigenvalue weighted by Crippen LogP contribution is -2.14. The molecular formula is C15H12ClNO4. The highest BCUT2D eigenvalue weighted by Gasteiger charge is 2.11. The molecule has 0 heterocycles. The Balaban J connectivity index is 2.09. The molecule has 0 atom stereocenters. The molecule has 0 bridgehead atoms. The molecular weight excluding hydrogens is 294 g/mol. The molecule has 0 spiro atoms. The lowest BCUT2D eigenvalue weighted by molar-refractivity contribution is -0.115. The van der Waals surface area contributed by atoms with Crippen molar-refractivity contribution in [3.8, 4) is 5.75 Å². The number of anilines is 1. The molecule has 0 aliphatic heterocycles. The number of halogens is 1. The third-order valence-electron chi connectivity index (χ3n) is 2.76. The molecule has 0 saturated heterocycles. The molecule has 6 heteroatoms. The van der Waals surface area contributed by atoms with Gasteiger partial charge in [-0.2, -0.15) is 0 Å². The van der Waals surface area contributed by atoms with Crippen LogP contribution in [0.1, 0.15) is 15.9 Å². The van der Waals surface area contributed by atoms with E-state index in [1.165, 1.54) is 18.2 Å². The van der Waals surface area contributed by atoms with Crippen LogP contribution in [0.3, 0.4) is 0 Å². The van der Waals surface area contributed by atoms with E-state index in [0.29, 0.717) is 10.7 Å². The topological polar surface area (TPSA) is 86.6 Å². The normalized spacial score (nSPS) is 10.1. The molecule has 21 heavy (non-hydrogen) atoms. The molecule has 0 saturated carbocycles. The van der Waals surface area contributed by atoms with E-state index in [9.17, 15) is 14.7 Å². The van der Waals surface area contributed by atoms with E-state index in [1.54, 1.807) is 24.3 Å². The number of carboxylic acid groups (broad SMARTS) is 1. The number of amides is 1. The van der Waals surface area contributed by atoms with Crippen LogP contribution in [0.15, 0.2) is 42.5 Å². The Morgan fingerprint density at radius 2 is 1.90 bits per heavy atom. The number of rotatable bonds is 4. The molecule has 0 radical (unpaired) electrons. The zero-order valence-electron chi connectivity index (χ0n) is 10.8. The van der Waals surface area contributed by atoms with E-state index in [-0.39, 0.29) is 23.6 Å². The number of aromatic hydroxyl groups is 1. The first-order chi connectivity index (χ1) is 9.95. The predicted octanol–water partition coefficient (Wildman–Crippen LogP) is 2.93. The van der Waals surface area contributed by atoms with Gasteiger partial charge in [0, 0.05) is 10.7 Å². The maximum Gasteiger partial charge on any atom is 0.339 e. The number of carboxylic acids is 1. The number of carbonyl (C=O) groups excluding carboxylic acids is 1. The molecule has 2 rings (SSSR count). The Morgan fingerprint density at radius 3 is 2.57 bits per heavy atom. The lowest BCUT2D eigenvalue weighted by atomic mass is 10.1. The summed E-state index contributed by atoms with van der Waals surface area (Å²) in [6.07, 6.45) is 0.115. The summed E-state index contributed by atoms with van der Waals surface area (Å²) >= 11 is 5.84. The molecule has 2 aromatic rings. The second-order valence-corrected chi connectivity index (χ2v) is 4.83. The van der Waals surface area contributed by atoms with Crippen LogP contribution < -0.4 is 5.32 Å². The quantitative estimate of drug-likeness (QED) is 0.758. The van der Waals surface area contributed by atoms with Crippen LogP contribution in [0, 0.1) is 0 Å². The third-order valence-corrected chi connectivity index (χ3v) is 3.00. The van der Waals surface area contributed by atoms with E-state index < -0.39 is 5.97 Å². The molecule has 1 amide bonds. The fourth-order valence-electron chi connectivity index (χ4n) is 1.82. The highest BCUT2D eigenvalue weighted by atomic mass is 35.5. The highest BCUT2D eigenvalue weighted by Crippen LogP contribution is 2.21. The molecule has 108 valence electrons. The largest absolute Gasteiger partial charge is 0.507 e. The average molecular weight is 306 g/mol. The number of benzene rings is 2. The molecule has 0 aliphatic rings. The van der Waals surface area contributed by atoms with Crippen molar-refractivity contribution >= 4 is 29.2 Å². The summed E-state index contributed by atoms with van der Waals surface area (Å²) in [7, 11) is 0. The second-order valence-electron chi connectivity index (χ2n) is 4.39. The molecule has 2 aromatic carbocycles. The van der Waals surface area contributed by atoms with Crippen LogP contribution >= 0.6 is 11.6 Å². The van der Waals surface area contributed by atoms with Gasteiger partial charge >= 0.3 is 5.97 Å². The van der Waals surface area contributed by atoms with Crippen molar-refractivity contribution in [2.45, 2.75) is 6.42 Å². The minimum absolute atomic E-state index is 0.115. The minimum Gasteiger partial charge on any atom is -0.507 e. The van der Waals surface area contributed by atoms with Crippen molar-refractivity contribution in [2.24, 2.45) is 0 Å². The highest BCUT2D eigenvalue weighted by molar-refractivity contribution is 6.30. The van der Waals surface area contributed by atoms with Crippen molar-refractivity contribution in [1.82, 2.24) is 0 Å². The van der Waals surface area contributed by atoms with Crippen LogP contribution in [0.5, 0.6) is 5.75 Å². The molecule has 3 N–H and O–H groups in total. The van der Waals surface area contributed by atoms with Crippen LogP contribution in [-0.2, 0) is 11.2 Å². The van der Waals surface area contributed by atoms with Gasteiger partial charge in [0.25, 0.3) is 0 Å². The maximum atomic E-state index is 11.9. The summed E-state index contributed by atoms with van der Waals surface area (Å²) in [6, 6.07) is 10.8. The monoisotopic (exact) mass is 305 g/mol. The van der Waals surface area contributed by atoms with Crippen molar-refractivity contribution in [2.75, 3.05) is 5.32 Å². The smallest absolute Gasteiger partial charge is 0.339 e. The summed E-state index contributed by atoms with van der Waals surface area (Å²) in [5, 5.41) is 21.4. The van der Waals surface area contributed by atoms with Gasteiger partial charge in [0.15, 0.2) is 0 Å². The zero-order chi connectivity index (χ0) is 15.4. The van der Waals surface area contributed by atoms with Gasteiger partial charge in [-0.3, -0.25) is 4.79 Å². The lowest BCUT2D eigenvalue weighted by Gasteiger charge is -2.07. The van der Waals surface area contributed by atoms with Crippen LogP contribution in [0.4, 0.5) is 5.69 Å². The fourth-order valence-corrected chi connectivity index (χ4v) is 2.04. The van der Waals surface area contributed by atoms with E-state index in [4.69, 9.17) is 16.7 Å². The van der Waals surface area contributed by atoms with Gasteiger partial charge in [-0.25, -0.2) is 4.79 Å². The van der Waals surface area contributed by atoms with Crippen LogP contribution in [0.25, 0.3) is 0 Å². The van der Waals surface area contributed by atoms with Crippen molar-refractivity contribution in [3.63, 3.8) is 0 Å². The second kappa shape index (κ2) is 6.28. The Morgan fingerprint density at radius 1 is 1.14 bits per heavy atom.